The van der Waals surface area contributed by atoms with Crippen molar-refractivity contribution in [1.82, 2.24) is 5.32 Å². The van der Waals surface area contributed by atoms with Crippen LogP contribution in [0.3, 0.4) is 0 Å². The first-order chi connectivity index (χ1) is 7.50. The second-order valence-corrected chi connectivity index (χ2v) is 5.14. The van der Waals surface area contributed by atoms with Gasteiger partial charge in [0.2, 0.25) is 0 Å². The summed E-state index contributed by atoms with van der Waals surface area (Å²) in [5, 5.41) is 4.56. The third kappa shape index (κ3) is 3.51. The topological polar surface area (TPSA) is 12.0 Å². The normalized spacial score (nSPS) is 14.5. The van der Waals surface area contributed by atoms with E-state index in [0.717, 1.165) is 23.6 Å². The number of halogens is 2. The van der Waals surface area contributed by atoms with Gasteiger partial charge in [0.15, 0.2) is 0 Å². The zero-order chi connectivity index (χ0) is 12.2. The molecule has 0 spiro atoms. The maximum absolute atomic E-state index is 6.15. The number of benzene rings is 1. The van der Waals surface area contributed by atoms with Crippen molar-refractivity contribution in [1.29, 1.82) is 0 Å². The van der Waals surface area contributed by atoms with Gasteiger partial charge >= 0.3 is 0 Å². The van der Waals surface area contributed by atoms with Crippen molar-refractivity contribution in [3.8, 4) is 0 Å². The van der Waals surface area contributed by atoms with Crippen LogP contribution in [0.1, 0.15) is 12.5 Å². The summed E-state index contributed by atoms with van der Waals surface area (Å²) in [4.78, 5) is 0. The Hall–Kier alpha value is -0.500. The van der Waals surface area contributed by atoms with Crippen molar-refractivity contribution in [3.63, 3.8) is 0 Å². The van der Waals surface area contributed by atoms with E-state index in [1.165, 1.54) is 0 Å². The molecule has 88 valence electrons. The van der Waals surface area contributed by atoms with E-state index in [9.17, 15) is 0 Å². The van der Waals surface area contributed by atoms with Crippen molar-refractivity contribution >= 4 is 23.2 Å². The van der Waals surface area contributed by atoms with Gasteiger partial charge in [-0.25, -0.2) is 0 Å². The molecule has 0 amide bonds. The Kier molecular flexibility index (Phi) is 4.85. The Balaban J connectivity index is 2.89. The van der Waals surface area contributed by atoms with E-state index < -0.39 is 0 Å². The molecule has 0 bridgehead atoms. The number of hydrogen-bond acceptors (Lipinski definition) is 1. The number of hydrogen-bond donors (Lipinski definition) is 1. The van der Waals surface area contributed by atoms with Gasteiger partial charge in [-0.2, -0.15) is 0 Å². The van der Waals surface area contributed by atoms with Crippen LogP contribution in [-0.2, 0) is 6.42 Å². The average Bonchev–Trinajstić information content (AvgIpc) is 2.23. The van der Waals surface area contributed by atoms with Crippen LogP contribution >= 0.6 is 23.2 Å². The molecule has 1 aromatic rings. The summed E-state index contributed by atoms with van der Waals surface area (Å²) in [6.07, 6.45) is 2.82. The van der Waals surface area contributed by atoms with Crippen molar-refractivity contribution < 1.29 is 0 Å². The van der Waals surface area contributed by atoms with E-state index in [1.807, 2.05) is 25.3 Å². The second-order valence-electron chi connectivity index (χ2n) is 4.30. The first kappa shape index (κ1) is 13.6. The van der Waals surface area contributed by atoms with Crippen LogP contribution in [0.25, 0.3) is 0 Å². The highest BCUT2D eigenvalue weighted by molar-refractivity contribution is 6.35. The van der Waals surface area contributed by atoms with E-state index in [1.54, 1.807) is 6.07 Å². The fourth-order valence-electron chi connectivity index (χ4n) is 1.71. The lowest BCUT2D eigenvalue weighted by molar-refractivity contribution is 0.406. The Morgan fingerprint density at radius 1 is 1.44 bits per heavy atom. The third-order valence-corrected chi connectivity index (χ3v) is 3.27. The molecule has 0 aliphatic heterocycles. The standard InChI is InChI=1S/C13H17Cl2N/c1-4-13(2,9-16-3)8-10-5-6-11(14)7-12(10)15/h4-7,16H,1,8-9H2,2-3H3. The molecule has 1 N–H and O–H groups in total. The lowest BCUT2D eigenvalue weighted by Gasteiger charge is -2.26. The van der Waals surface area contributed by atoms with Crippen molar-refractivity contribution in [2.75, 3.05) is 13.6 Å². The zero-order valence-corrected chi connectivity index (χ0v) is 11.2. The first-order valence-corrected chi connectivity index (χ1v) is 5.98. The van der Waals surface area contributed by atoms with Gasteiger partial charge < -0.3 is 5.32 Å². The van der Waals surface area contributed by atoms with E-state index in [2.05, 4.69) is 18.8 Å². The second kappa shape index (κ2) is 5.72. The third-order valence-electron chi connectivity index (χ3n) is 2.68. The maximum Gasteiger partial charge on any atom is 0.0453 e. The highest BCUT2D eigenvalue weighted by Gasteiger charge is 2.21. The lowest BCUT2D eigenvalue weighted by atomic mass is 9.83. The molecule has 1 rings (SSSR count). The van der Waals surface area contributed by atoms with Gasteiger partial charge in [-0.3, -0.25) is 0 Å². The molecule has 0 heterocycles. The van der Waals surface area contributed by atoms with Gasteiger partial charge in [0.05, 0.1) is 0 Å². The molecular formula is C13H17Cl2N. The quantitative estimate of drug-likeness (QED) is 0.788. The molecule has 0 aromatic heterocycles. The Morgan fingerprint density at radius 2 is 2.12 bits per heavy atom. The monoisotopic (exact) mass is 257 g/mol. The van der Waals surface area contributed by atoms with E-state index in [-0.39, 0.29) is 5.41 Å². The minimum Gasteiger partial charge on any atom is -0.319 e. The zero-order valence-electron chi connectivity index (χ0n) is 9.69. The molecule has 16 heavy (non-hydrogen) atoms. The van der Waals surface area contributed by atoms with Crippen LogP contribution in [0.2, 0.25) is 10.0 Å². The molecule has 0 aliphatic carbocycles. The van der Waals surface area contributed by atoms with Crippen LogP contribution in [0.5, 0.6) is 0 Å². The van der Waals surface area contributed by atoms with Gasteiger partial charge in [0.1, 0.15) is 0 Å². The van der Waals surface area contributed by atoms with Gasteiger partial charge in [-0.05, 0) is 31.2 Å². The molecule has 1 nitrogen and oxygen atoms in total. The number of nitrogens with one attached hydrogen (secondary N) is 1. The molecule has 1 aromatic carbocycles. The van der Waals surface area contributed by atoms with Crippen molar-refractivity contribution in [2.24, 2.45) is 5.41 Å². The summed E-state index contributed by atoms with van der Waals surface area (Å²) in [6.45, 7) is 6.91. The summed E-state index contributed by atoms with van der Waals surface area (Å²) in [6, 6.07) is 5.62. The predicted octanol–water partition coefficient (Wildman–Crippen LogP) is 3.95. The minimum absolute atomic E-state index is 0.00617. The summed E-state index contributed by atoms with van der Waals surface area (Å²) in [5.74, 6) is 0. The van der Waals surface area contributed by atoms with Crippen LogP contribution in [0, 0.1) is 5.41 Å². The summed E-state index contributed by atoms with van der Waals surface area (Å²) < 4.78 is 0. The SMILES string of the molecule is C=CC(C)(CNC)Cc1ccc(Cl)cc1Cl. The smallest absolute Gasteiger partial charge is 0.0453 e. The van der Waals surface area contributed by atoms with Crippen molar-refractivity contribution in [2.45, 2.75) is 13.3 Å². The molecule has 0 saturated heterocycles. The Labute approximate surface area is 107 Å². The summed E-state index contributed by atoms with van der Waals surface area (Å²) >= 11 is 12.0. The molecule has 1 unspecified atom stereocenters. The fourth-order valence-corrected chi connectivity index (χ4v) is 2.19. The van der Waals surface area contributed by atoms with Crippen LogP contribution in [-0.4, -0.2) is 13.6 Å². The van der Waals surface area contributed by atoms with Crippen LogP contribution < -0.4 is 5.32 Å². The lowest BCUT2D eigenvalue weighted by Crippen LogP contribution is -2.29. The minimum atomic E-state index is 0.00617. The van der Waals surface area contributed by atoms with Gasteiger partial charge in [0, 0.05) is 22.0 Å². The molecule has 0 aliphatic rings. The average molecular weight is 258 g/mol. The molecule has 0 fully saturated rings. The fraction of sp³-hybridized carbons (Fsp3) is 0.385. The highest BCUT2D eigenvalue weighted by Crippen LogP contribution is 2.29. The van der Waals surface area contributed by atoms with E-state index >= 15 is 0 Å². The highest BCUT2D eigenvalue weighted by atomic mass is 35.5. The van der Waals surface area contributed by atoms with E-state index in [4.69, 9.17) is 23.2 Å². The Bertz CT molecular complexity index is 376. The molecular weight excluding hydrogens is 241 g/mol. The van der Waals surface area contributed by atoms with E-state index in [0.29, 0.717) is 5.02 Å². The van der Waals surface area contributed by atoms with Gasteiger partial charge in [0.25, 0.3) is 0 Å². The maximum atomic E-state index is 6.15. The first-order valence-electron chi connectivity index (χ1n) is 5.23. The molecule has 1 atom stereocenters. The van der Waals surface area contributed by atoms with Gasteiger partial charge in [-0.1, -0.05) is 42.3 Å². The van der Waals surface area contributed by atoms with Crippen molar-refractivity contribution in [3.05, 3.63) is 46.5 Å². The largest absolute Gasteiger partial charge is 0.319 e. The van der Waals surface area contributed by atoms with Crippen LogP contribution in [0.15, 0.2) is 30.9 Å². The Morgan fingerprint density at radius 3 is 2.62 bits per heavy atom. The summed E-state index contributed by atoms with van der Waals surface area (Å²) in [5.41, 5.74) is 1.11. The summed E-state index contributed by atoms with van der Waals surface area (Å²) in [7, 11) is 1.94. The molecule has 0 saturated carbocycles. The molecule has 3 heteroatoms. The number of rotatable bonds is 5. The van der Waals surface area contributed by atoms with Gasteiger partial charge in [-0.15, -0.1) is 6.58 Å². The molecule has 0 radical (unpaired) electrons. The predicted molar refractivity (Wildman–Crippen MR) is 72.4 cm³/mol. The van der Waals surface area contributed by atoms with Crippen LogP contribution in [0.4, 0.5) is 0 Å².